The first-order chi connectivity index (χ1) is 27.8. The number of rotatable bonds is 39. The summed E-state index contributed by atoms with van der Waals surface area (Å²) in [5.74, 6) is -0.981. The summed E-state index contributed by atoms with van der Waals surface area (Å²) >= 11 is 0. The molecule has 11 nitrogen and oxygen atoms in total. The van der Waals surface area contributed by atoms with E-state index in [9.17, 15) is 29.3 Å². The summed E-state index contributed by atoms with van der Waals surface area (Å²) in [5, 5.41) is 20.5. The van der Waals surface area contributed by atoms with Gasteiger partial charge in [0.25, 0.3) is 0 Å². The molecule has 0 aliphatic rings. The molecule has 3 N–H and O–H groups in total. The van der Waals surface area contributed by atoms with Gasteiger partial charge >= 0.3 is 19.8 Å². The van der Waals surface area contributed by atoms with Crippen molar-refractivity contribution in [3.05, 3.63) is 60.8 Å². The fraction of sp³-hybridized carbons (Fsp3) is 0.739. The van der Waals surface area contributed by atoms with Gasteiger partial charge in [0.1, 0.15) is 19.8 Å². The molecule has 12 heteroatoms. The first-order valence-electron chi connectivity index (χ1n) is 22.2. The summed E-state index contributed by atoms with van der Waals surface area (Å²) in [4.78, 5) is 35.4. The molecule has 0 bridgehead atoms. The zero-order valence-electron chi connectivity index (χ0n) is 37.0. The van der Waals surface area contributed by atoms with Gasteiger partial charge in [0.15, 0.2) is 6.10 Å². The highest BCUT2D eigenvalue weighted by Crippen LogP contribution is 2.43. The fourth-order valence-corrected chi connectivity index (χ4v) is 6.30. The summed E-state index contributed by atoms with van der Waals surface area (Å²) in [7, 11) is 1.35. The molecular formula is C46H83NO10P+. The van der Waals surface area contributed by atoms with Crippen molar-refractivity contribution in [2.45, 2.75) is 173 Å². The van der Waals surface area contributed by atoms with E-state index >= 15 is 0 Å². The highest BCUT2D eigenvalue weighted by molar-refractivity contribution is 7.47. The second-order valence-corrected chi connectivity index (χ2v) is 17.5. The molecule has 0 aromatic heterocycles. The van der Waals surface area contributed by atoms with E-state index in [1.807, 2.05) is 33.3 Å². The molecular weight excluding hydrogens is 757 g/mol. The average Bonchev–Trinajstić information content (AvgIpc) is 3.17. The van der Waals surface area contributed by atoms with Crippen molar-refractivity contribution in [3.63, 3.8) is 0 Å². The summed E-state index contributed by atoms with van der Waals surface area (Å²) in [6.07, 6.45) is 37.3. The van der Waals surface area contributed by atoms with Gasteiger partial charge in [0.2, 0.25) is 0 Å². The predicted molar refractivity (Wildman–Crippen MR) is 236 cm³/mol. The van der Waals surface area contributed by atoms with Crippen LogP contribution in [0.15, 0.2) is 60.8 Å². The second-order valence-electron chi connectivity index (χ2n) is 16.0. The Morgan fingerprint density at radius 2 is 1.12 bits per heavy atom. The van der Waals surface area contributed by atoms with Crippen LogP contribution in [-0.4, -0.2) is 97.3 Å². The summed E-state index contributed by atoms with van der Waals surface area (Å²) in [6.45, 7) is 4.08. The molecule has 0 saturated carbocycles. The minimum atomic E-state index is -4.43. The van der Waals surface area contributed by atoms with Crippen molar-refractivity contribution in [3.8, 4) is 0 Å². The zero-order chi connectivity index (χ0) is 43.2. The smallest absolute Gasteiger partial charge is 0.462 e. The Balaban J connectivity index is 4.58. The van der Waals surface area contributed by atoms with Crippen LogP contribution in [0.5, 0.6) is 0 Å². The monoisotopic (exact) mass is 841 g/mol. The van der Waals surface area contributed by atoms with Gasteiger partial charge in [-0.3, -0.25) is 18.6 Å². The van der Waals surface area contributed by atoms with Gasteiger partial charge in [-0.25, -0.2) is 4.57 Å². The number of phosphoric acid groups is 1. The van der Waals surface area contributed by atoms with Crippen LogP contribution in [0.2, 0.25) is 0 Å². The Hall–Kier alpha value is -2.37. The van der Waals surface area contributed by atoms with Crippen LogP contribution in [0.1, 0.15) is 155 Å². The number of phosphoric ester groups is 1. The maximum absolute atomic E-state index is 12.7. The predicted octanol–water partition coefficient (Wildman–Crippen LogP) is 10.4. The summed E-state index contributed by atoms with van der Waals surface area (Å²) in [6, 6.07) is 0. The van der Waals surface area contributed by atoms with Crippen molar-refractivity contribution in [1.82, 2.24) is 0 Å². The minimum Gasteiger partial charge on any atom is -0.462 e. The van der Waals surface area contributed by atoms with Gasteiger partial charge in [-0.05, 0) is 77.0 Å². The summed E-state index contributed by atoms with van der Waals surface area (Å²) in [5.41, 5.74) is 0. The number of unbranched alkanes of at least 4 members (excludes halogenated alkanes) is 11. The third kappa shape index (κ3) is 39.1. The number of aliphatic hydroxyl groups is 2. The van der Waals surface area contributed by atoms with Gasteiger partial charge in [0.05, 0.1) is 40.0 Å². The Morgan fingerprint density at radius 1 is 0.603 bits per heavy atom. The van der Waals surface area contributed by atoms with Gasteiger partial charge in [-0.2, -0.15) is 0 Å². The van der Waals surface area contributed by atoms with Crippen LogP contribution >= 0.6 is 7.82 Å². The molecule has 0 aromatic carbocycles. The van der Waals surface area contributed by atoms with Gasteiger partial charge in [-0.15, -0.1) is 0 Å². The standard InChI is InChI=1S/C46H82NO10P/c1-6-8-10-12-14-15-16-17-18-19-20-21-22-23-24-28-33-37-46(51)57-42(41-56-58(52,53)55-39-38-47(3,4)5)40-54-45(50)36-32-29-25-27-31-35-44(49)43(48)34-30-26-13-11-9-7-2/h14-15,17-18,20-21,23-24,26,30,42-44,48-49H,6-13,16,19,22,25,27-29,31-41H2,1-5H3/p+1/b15-14-,18-17-,21-20-,24-23-,30-26-/t42-,43-,44-/m1/s1. The van der Waals surface area contributed by atoms with Crippen LogP contribution in [0.25, 0.3) is 0 Å². The van der Waals surface area contributed by atoms with Crippen molar-refractivity contribution >= 4 is 19.8 Å². The number of esters is 2. The Labute approximate surface area is 352 Å². The average molecular weight is 841 g/mol. The first kappa shape index (κ1) is 55.6. The Kier molecular flexibility index (Phi) is 36.1. The van der Waals surface area contributed by atoms with Crippen LogP contribution in [0.3, 0.4) is 0 Å². The van der Waals surface area contributed by atoms with Crippen molar-refractivity contribution < 1.29 is 52.3 Å². The van der Waals surface area contributed by atoms with E-state index in [0.29, 0.717) is 43.1 Å². The molecule has 0 radical (unpaired) electrons. The lowest BCUT2D eigenvalue weighted by molar-refractivity contribution is -0.870. The number of likely N-dealkylation sites (N-methyl/N-ethyl adjacent to an activating group) is 1. The van der Waals surface area contributed by atoms with E-state index in [1.54, 1.807) is 0 Å². The molecule has 58 heavy (non-hydrogen) atoms. The third-order valence-electron chi connectivity index (χ3n) is 9.22. The third-order valence-corrected chi connectivity index (χ3v) is 10.2. The molecule has 0 spiro atoms. The van der Waals surface area contributed by atoms with Crippen LogP contribution in [-0.2, 0) is 32.7 Å². The highest BCUT2D eigenvalue weighted by atomic mass is 31.2. The quantitative estimate of drug-likeness (QED) is 0.0180. The summed E-state index contributed by atoms with van der Waals surface area (Å²) < 4.78 is 34.1. The Morgan fingerprint density at radius 3 is 1.71 bits per heavy atom. The molecule has 0 aromatic rings. The molecule has 0 fully saturated rings. The zero-order valence-corrected chi connectivity index (χ0v) is 37.9. The van der Waals surface area contributed by atoms with Gasteiger partial charge in [0, 0.05) is 12.8 Å². The fourth-order valence-electron chi connectivity index (χ4n) is 5.56. The topological polar surface area (TPSA) is 149 Å². The SMILES string of the molecule is CCCCC/C=C\C/C=C\C/C=C\C/C=C\CCCC(=O)O[C@H](COC(=O)CCCCCCC[C@@H](O)[C@H](O)C/C=C\CCCCC)COP(=O)(O)OCC[N+](C)(C)C. The van der Waals surface area contributed by atoms with Crippen LogP contribution < -0.4 is 0 Å². The maximum Gasteiger partial charge on any atom is 0.472 e. The lowest BCUT2D eigenvalue weighted by atomic mass is 10.0. The van der Waals surface area contributed by atoms with Crippen molar-refractivity contribution in [2.24, 2.45) is 0 Å². The molecule has 1 unspecified atom stereocenters. The van der Waals surface area contributed by atoms with Gasteiger partial charge in [-0.1, -0.05) is 126 Å². The number of hydrogen-bond donors (Lipinski definition) is 3. The van der Waals surface area contributed by atoms with E-state index < -0.39 is 44.7 Å². The molecule has 0 amide bonds. The number of hydrogen-bond acceptors (Lipinski definition) is 9. The van der Waals surface area contributed by atoms with Crippen molar-refractivity contribution in [1.29, 1.82) is 0 Å². The van der Waals surface area contributed by atoms with E-state index in [2.05, 4.69) is 62.5 Å². The van der Waals surface area contributed by atoms with E-state index in [0.717, 1.165) is 64.2 Å². The lowest BCUT2D eigenvalue weighted by Gasteiger charge is -2.24. The number of ether oxygens (including phenoxy) is 2. The Bertz CT molecular complexity index is 1210. The number of aliphatic hydroxyl groups excluding tert-OH is 2. The number of allylic oxidation sites excluding steroid dienone is 9. The number of quaternary nitrogens is 1. The van der Waals surface area contributed by atoms with Crippen LogP contribution in [0.4, 0.5) is 0 Å². The minimum absolute atomic E-state index is 0.00636. The number of carbonyl (C=O) groups excluding carboxylic acids is 2. The maximum atomic E-state index is 12.7. The molecule has 336 valence electrons. The molecule has 0 rings (SSSR count). The molecule has 4 atom stereocenters. The number of nitrogens with zero attached hydrogens (tertiary/aromatic N) is 1. The largest absolute Gasteiger partial charge is 0.472 e. The van der Waals surface area contributed by atoms with Crippen LogP contribution in [0, 0.1) is 0 Å². The van der Waals surface area contributed by atoms with Gasteiger partial charge < -0.3 is 29.1 Å². The molecule has 0 saturated heterocycles. The van der Waals surface area contributed by atoms with E-state index in [-0.39, 0.29) is 26.1 Å². The molecule has 0 heterocycles. The van der Waals surface area contributed by atoms with E-state index in [4.69, 9.17) is 18.5 Å². The molecule has 0 aliphatic carbocycles. The van der Waals surface area contributed by atoms with E-state index in [1.165, 1.54) is 32.1 Å². The second kappa shape index (κ2) is 37.6. The highest BCUT2D eigenvalue weighted by Gasteiger charge is 2.27. The van der Waals surface area contributed by atoms with Crippen molar-refractivity contribution in [2.75, 3.05) is 47.5 Å². The normalized spacial score (nSPS) is 15.2. The molecule has 0 aliphatic heterocycles. The lowest BCUT2D eigenvalue weighted by Crippen LogP contribution is -2.37. The number of carbonyl (C=O) groups is 2. The first-order valence-corrected chi connectivity index (χ1v) is 23.7.